The van der Waals surface area contributed by atoms with Crippen LogP contribution in [0, 0.1) is 13.8 Å². The van der Waals surface area contributed by atoms with Crippen molar-refractivity contribution in [1.82, 2.24) is 15.1 Å². The quantitative estimate of drug-likeness (QED) is 0.332. The molecule has 0 fully saturated rings. The van der Waals surface area contributed by atoms with Crippen molar-refractivity contribution >= 4 is 29.1 Å². The Bertz CT molecular complexity index is 1210. The van der Waals surface area contributed by atoms with Crippen molar-refractivity contribution < 1.29 is 14.3 Å². The van der Waals surface area contributed by atoms with Crippen molar-refractivity contribution in [2.24, 2.45) is 4.99 Å². The Hall–Kier alpha value is -4.14. The molecule has 0 saturated carbocycles. The van der Waals surface area contributed by atoms with Gasteiger partial charge in [0.05, 0.1) is 25.0 Å². The molecule has 0 radical (unpaired) electrons. The van der Waals surface area contributed by atoms with Crippen LogP contribution in [-0.4, -0.2) is 34.7 Å². The highest BCUT2D eigenvalue weighted by molar-refractivity contribution is 6.10. The number of amides is 2. The van der Waals surface area contributed by atoms with Gasteiger partial charge < -0.3 is 15.4 Å². The molecule has 9 heteroatoms. The third-order valence-electron chi connectivity index (χ3n) is 5.22. The molecular formula is C26H32N6O3. The van der Waals surface area contributed by atoms with Crippen LogP contribution < -0.4 is 20.7 Å². The predicted octanol–water partition coefficient (Wildman–Crippen LogP) is 4.28. The SMILES string of the molecule is CCCn1cc(CN=C(NC(=O)c2ccc(NC(C)=O)cc2)Nc2cc(C)ccc2OC)c(C)n1. The molecule has 9 nitrogen and oxygen atoms in total. The van der Waals surface area contributed by atoms with E-state index in [4.69, 9.17) is 4.74 Å². The van der Waals surface area contributed by atoms with Gasteiger partial charge in [-0.2, -0.15) is 5.10 Å². The van der Waals surface area contributed by atoms with Crippen LogP contribution in [0.25, 0.3) is 0 Å². The van der Waals surface area contributed by atoms with Gasteiger partial charge in [-0.3, -0.25) is 19.6 Å². The molecule has 184 valence electrons. The second-order valence-electron chi connectivity index (χ2n) is 8.21. The van der Waals surface area contributed by atoms with Gasteiger partial charge in [-0.15, -0.1) is 0 Å². The Labute approximate surface area is 205 Å². The molecule has 35 heavy (non-hydrogen) atoms. The molecule has 0 aliphatic heterocycles. The average molecular weight is 477 g/mol. The van der Waals surface area contributed by atoms with Gasteiger partial charge in [0.2, 0.25) is 11.9 Å². The van der Waals surface area contributed by atoms with Crippen molar-refractivity contribution in [3.63, 3.8) is 0 Å². The van der Waals surface area contributed by atoms with E-state index in [2.05, 4.69) is 33.0 Å². The second-order valence-corrected chi connectivity index (χ2v) is 8.21. The van der Waals surface area contributed by atoms with Crippen molar-refractivity contribution in [2.75, 3.05) is 17.7 Å². The highest BCUT2D eigenvalue weighted by Crippen LogP contribution is 2.25. The molecule has 0 spiro atoms. The lowest BCUT2D eigenvalue weighted by Crippen LogP contribution is -2.36. The van der Waals surface area contributed by atoms with Gasteiger partial charge >= 0.3 is 0 Å². The fourth-order valence-electron chi connectivity index (χ4n) is 3.47. The summed E-state index contributed by atoms with van der Waals surface area (Å²) in [5.41, 5.74) is 4.63. The molecule has 0 aliphatic rings. The minimum absolute atomic E-state index is 0.175. The second kappa shape index (κ2) is 11.8. The predicted molar refractivity (Wildman–Crippen MR) is 138 cm³/mol. The van der Waals surface area contributed by atoms with Crippen LogP contribution in [0.4, 0.5) is 11.4 Å². The maximum atomic E-state index is 13.0. The van der Waals surface area contributed by atoms with Gasteiger partial charge in [0.15, 0.2) is 0 Å². The van der Waals surface area contributed by atoms with E-state index in [-0.39, 0.29) is 17.8 Å². The van der Waals surface area contributed by atoms with E-state index in [1.165, 1.54) is 6.92 Å². The van der Waals surface area contributed by atoms with Gasteiger partial charge in [0.25, 0.3) is 5.91 Å². The highest BCUT2D eigenvalue weighted by Gasteiger charge is 2.13. The van der Waals surface area contributed by atoms with Crippen LogP contribution in [-0.2, 0) is 17.9 Å². The number of anilines is 2. The molecule has 2 amide bonds. The van der Waals surface area contributed by atoms with Gasteiger partial charge in [-0.1, -0.05) is 13.0 Å². The number of aryl methyl sites for hydroxylation is 3. The first kappa shape index (κ1) is 25.5. The van der Waals surface area contributed by atoms with Crippen molar-refractivity contribution in [1.29, 1.82) is 0 Å². The molecule has 0 unspecified atom stereocenters. The lowest BCUT2D eigenvalue weighted by molar-refractivity contribution is -0.114. The third kappa shape index (κ3) is 7.17. The van der Waals surface area contributed by atoms with E-state index in [0.717, 1.165) is 29.8 Å². The Morgan fingerprint density at radius 1 is 1.09 bits per heavy atom. The fraction of sp³-hybridized carbons (Fsp3) is 0.308. The Morgan fingerprint density at radius 3 is 2.49 bits per heavy atom. The summed E-state index contributed by atoms with van der Waals surface area (Å²) in [5, 5.41) is 13.3. The summed E-state index contributed by atoms with van der Waals surface area (Å²) < 4.78 is 7.38. The number of carbonyl (C=O) groups excluding carboxylic acids is 2. The van der Waals surface area contributed by atoms with Crippen LogP contribution in [0.5, 0.6) is 5.75 Å². The molecule has 2 aromatic carbocycles. The number of nitrogens with one attached hydrogen (secondary N) is 3. The summed E-state index contributed by atoms with van der Waals surface area (Å²) >= 11 is 0. The molecule has 0 saturated heterocycles. The maximum Gasteiger partial charge on any atom is 0.257 e. The van der Waals surface area contributed by atoms with E-state index < -0.39 is 0 Å². The van der Waals surface area contributed by atoms with Crippen LogP contribution in [0.3, 0.4) is 0 Å². The maximum absolute atomic E-state index is 13.0. The molecule has 3 N–H and O–H groups in total. The van der Waals surface area contributed by atoms with E-state index in [0.29, 0.717) is 29.2 Å². The normalized spacial score (nSPS) is 11.2. The van der Waals surface area contributed by atoms with Gasteiger partial charge in [-0.25, -0.2) is 4.99 Å². The number of methoxy groups -OCH3 is 1. The number of nitrogens with zero attached hydrogens (tertiary/aromatic N) is 3. The zero-order valence-corrected chi connectivity index (χ0v) is 20.8. The number of hydrogen-bond donors (Lipinski definition) is 3. The largest absolute Gasteiger partial charge is 0.495 e. The molecule has 3 aromatic rings. The first-order valence-electron chi connectivity index (χ1n) is 11.5. The third-order valence-corrected chi connectivity index (χ3v) is 5.22. The standard InChI is InChI=1S/C26H32N6O3/c1-6-13-32-16-21(18(3)31-32)15-27-26(29-23-14-17(2)7-12-24(23)35-5)30-25(34)20-8-10-22(11-9-20)28-19(4)33/h7-12,14,16H,6,13,15H2,1-5H3,(H,28,33)(H2,27,29,30,34). The summed E-state index contributed by atoms with van der Waals surface area (Å²) in [6.45, 7) is 8.63. The van der Waals surface area contributed by atoms with Crippen LogP contribution in [0.2, 0.25) is 0 Å². The van der Waals surface area contributed by atoms with Crippen LogP contribution >= 0.6 is 0 Å². The Morgan fingerprint density at radius 2 is 1.83 bits per heavy atom. The lowest BCUT2D eigenvalue weighted by Gasteiger charge is -2.15. The zero-order valence-electron chi connectivity index (χ0n) is 20.8. The lowest BCUT2D eigenvalue weighted by atomic mass is 10.2. The molecule has 0 aliphatic carbocycles. The summed E-state index contributed by atoms with van der Waals surface area (Å²) in [7, 11) is 1.59. The summed E-state index contributed by atoms with van der Waals surface area (Å²) in [6, 6.07) is 12.4. The molecule has 1 heterocycles. The van der Waals surface area contributed by atoms with Crippen LogP contribution in [0.15, 0.2) is 53.7 Å². The van der Waals surface area contributed by atoms with Gasteiger partial charge in [-0.05, 0) is 62.2 Å². The molecule has 0 atom stereocenters. The summed E-state index contributed by atoms with van der Waals surface area (Å²) in [5.74, 6) is 0.401. The molecular weight excluding hydrogens is 444 g/mol. The van der Waals surface area contributed by atoms with E-state index in [1.807, 2.05) is 42.9 Å². The smallest absolute Gasteiger partial charge is 0.257 e. The van der Waals surface area contributed by atoms with Crippen LogP contribution in [0.1, 0.15) is 47.4 Å². The number of ether oxygens (including phenoxy) is 1. The molecule has 1 aromatic heterocycles. The highest BCUT2D eigenvalue weighted by atomic mass is 16.5. The fourth-order valence-corrected chi connectivity index (χ4v) is 3.47. The minimum Gasteiger partial charge on any atom is -0.495 e. The van der Waals surface area contributed by atoms with Crippen molar-refractivity contribution in [3.05, 3.63) is 71.0 Å². The topological polar surface area (TPSA) is 110 Å². The number of guanidine groups is 1. The summed E-state index contributed by atoms with van der Waals surface area (Å²) in [4.78, 5) is 28.9. The summed E-state index contributed by atoms with van der Waals surface area (Å²) in [6.07, 6.45) is 2.97. The number of carbonyl (C=O) groups is 2. The Balaban J connectivity index is 1.85. The van der Waals surface area contributed by atoms with Crippen molar-refractivity contribution in [3.8, 4) is 5.75 Å². The number of aliphatic imine (C=N–C) groups is 1. The number of hydrogen-bond acceptors (Lipinski definition) is 5. The van der Waals surface area contributed by atoms with Crippen molar-refractivity contribution in [2.45, 2.75) is 47.2 Å². The van der Waals surface area contributed by atoms with Gasteiger partial charge in [0, 0.05) is 36.5 Å². The average Bonchev–Trinajstić information content (AvgIpc) is 3.16. The minimum atomic E-state index is -0.337. The number of rotatable bonds is 8. The van der Waals surface area contributed by atoms with E-state index >= 15 is 0 Å². The number of aromatic nitrogens is 2. The van der Waals surface area contributed by atoms with E-state index in [1.54, 1.807) is 31.4 Å². The number of benzene rings is 2. The molecule has 3 rings (SSSR count). The monoisotopic (exact) mass is 476 g/mol. The van der Waals surface area contributed by atoms with E-state index in [9.17, 15) is 9.59 Å². The van der Waals surface area contributed by atoms with Gasteiger partial charge in [0.1, 0.15) is 5.75 Å². The zero-order chi connectivity index (χ0) is 25.4. The Kier molecular flexibility index (Phi) is 8.61. The first-order chi connectivity index (χ1) is 16.8. The molecule has 0 bridgehead atoms. The first-order valence-corrected chi connectivity index (χ1v) is 11.5.